The number of thioether (sulfide) groups is 1. The molecule has 29 heavy (non-hydrogen) atoms. The largest absolute Gasteiger partial charge is 0.350 e. The van der Waals surface area contributed by atoms with Crippen LogP contribution in [0.2, 0.25) is 0 Å². The van der Waals surface area contributed by atoms with Crippen LogP contribution in [-0.4, -0.2) is 21.6 Å². The number of amides is 1. The van der Waals surface area contributed by atoms with Crippen LogP contribution in [0, 0.1) is 0 Å². The molecular formula is C23H21N3OS2. The standard InChI is InChI=1S/C23H21N3OS2/c1-2-16-10-11-20-19(13-16)23(26-22(25-20)17-7-4-3-5-8-17)29-15-21(27)24-14-18-9-6-12-28-18/h3-13H,2,14-15H2,1H3,(H,24,27). The van der Waals surface area contributed by atoms with Gasteiger partial charge in [0.25, 0.3) is 0 Å². The molecule has 146 valence electrons. The molecule has 0 aliphatic rings. The van der Waals surface area contributed by atoms with Crippen molar-refractivity contribution < 1.29 is 4.79 Å². The Bertz CT molecular complexity index is 1110. The molecule has 6 heteroatoms. The number of nitrogens with zero attached hydrogens (tertiary/aromatic N) is 2. The summed E-state index contributed by atoms with van der Waals surface area (Å²) in [5, 5.41) is 6.84. The minimum absolute atomic E-state index is 0.00284. The molecule has 0 saturated heterocycles. The van der Waals surface area contributed by atoms with Crippen LogP contribution in [0.3, 0.4) is 0 Å². The minimum atomic E-state index is 0.00284. The summed E-state index contributed by atoms with van der Waals surface area (Å²) < 4.78 is 0. The Kier molecular flexibility index (Phi) is 6.22. The van der Waals surface area contributed by atoms with E-state index in [1.165, 1.54) is 17.3 Å². The number of carbonyl (C=O) groups excluding carboxylic acids is 1. The molecule has 4 aromatic rings. The third-order valence-corrected chi connectivity index (χ3v) is 6.41. The molecule has 0 saturated carbocycles. The summed E-state index contributed by atoms with van der Waals surface area (Å²) in [4.78, 5) is 23.1. The highest BCUT2D eigenvalue weighted by Crippen LogP contribution is 2.29. The molecule has 0 fully saturated rings. The number of carbonyl (C=O) groups is 1. The third kappa shape index (κ3) is 4.83. The van der Waals surface area contributed by atoms with Crippen molar-refractivity contribution in [1.82, 2.24) is 15.3 Å². The van der Waals surface area contributed by atoms with Crippen molar-refractivity contribution in [1.29, 1.82) is 0 Å². The zero-order valence-corrected chi connectivity index (χ0v) is 17.7. The molecule has 0 atom stereocenters. The maximum absolute atomic E-state index is 12.4. The second kappa shape index (κ2) is 9.20. The second-order valence-corrected chi connectivity index (χ2v) is 8.56. The summed E-state index contributed by atoms with van der Waals surface area (Å²) in [6.07, 6.45) is 0.946. The summed E-state index contributed by atoms with van der Waals surface area (Å²) in [5.74, 6) is 1.01. The van der Waals surface area contributed by atoms with E-state index in [9.17, 15) is 4.79 Å². The predicted octanol–water partition coefficient (Wildman–Crippen LogP) is 5.33. The summed E-state index contributed by atoms with van der Waals surface area (Å²) in [5.41, 5.74) is 3.10. The van der Waals surface area contributed by atoms with E-state index in [-0.39, 0.29) is 5.91 Å². The molecule has 0 radical (unpaired) electrons. The normalized spacial score (nSPS) is 10.9. The van der Waals surface area contributed by atoms with Crippen molar-refractivity contribution in [3.63, 3.8) is 0 Å². The van der Waals surface area contributed by atoms with Crippen molar-refractivity contribution in [2.75, 3.05) is 5.75 Å². The first-order valence-corrected chi connectivity index (χ1v) is 11.4. The lowest BCUT2D eigenvalue weighted by atomic mass is 10.1. The van der Waals surface area contributed by atoms with Crippen molar-refractivity contribution in [3.8, 4) is 11.4 Å². The van der Waals surface area contributed by atoms with Crippen molar-refractivity contribution in [2.24, 2.45) is 0 Å². The fraction of sp³-hybridized carbons (Fsp3) is 0.174. The molecule has 4 rings (SSSR count). The molecular weight excluding hydrogens is 398 g/mol. The Labute approximate surface area is 178 Å². The Morgan fingerprint density at radius 1 is 1.07 bits per heavy atom. The van der Waals surface area contributed by atoms with E-state index >= 15 is 0 Å². The molecule has 1 N–H and O–H groups in total. The van der Waals surface area contributed by atoms with Gasteiger partial charge in [-0.3, -0.25) is 4.79 Å². The average Bonchev–Trinajstić information content (AvgIpc) is 3.30. The summed E-state index contributed by atoms with van der Waals surface area (Å²) in [7, 11) is 0. The van der Waals surface area contributed by atoms with Gasteiger partial charge in [-0.15, -0.1) is 11.3 Å². The molecule has 0 aliphatic heterocycles. The highest BCUT2D eigenvalue weighted by molar-refractivity contribution is 8.00. The van der Waals surface area contributed by atoms with Gasteiger partial charge < -0.3 is 5.32 Å². The second-order valence-electron chi connectivity index (χ2n) is 6.57. The van der Waals surface area contributed by atoms with Crippen LogP contribution in [0.4, 0.5) is 0 Å². The maximum atomic E-state index is 12.4. The maximum Gasteiger partial charge on any atom is 0.230 e. The Morgan fingerprint density at radius 3 is 2.69 bits per heavy atom. The molecule has 1 amide bonds. The van der Waals surface area contributed by atoms with Gasteiger partial charge in [-0.05, 0) is 35.6 Å². The van der Waals surface area contributed by atoms with E-state index in [4.69, 9.17) is 9.97 Å². The van der Waals surface area contributed by atoms with Gasteiger partial charge in [0, 0.05) is 15.8 Å². The van der Waals surface area contributed by atoms with Crippen LogP contribution in [0.1, 0.15) is 17.4 Å². The lowest BCUT2D eigenvalue weighted by Crippen LogP contribution is -2.24. The van der Waals surface area contributed by atoms with E-state index in [0.29, 0.717) is 18.1 Å². The van der Waals surface area contributed by atoms with Gasteiger partial charge in [0.1, 0.15) is 5.03 Å². The lowest BCUT2D eigenvalue weighted by Gasteiger charge is -2.10. The highest BCUT2D eigenvalue weighted by Gasteiger charge is 2.12. The summed E-state index contributed by atoms with van der Waals surface area (Å²) in [6, 6.07) is 20.2. The Morgan fingerprint density at radius 2 is 1.93 bits per heavy atom. The fourth-order valence-electron chi connectivity index (χ4n) is 2.98. The van der Waals surface area contributed by atoms with E-state index in [1.807, 2.05) is 53.9 Å². The summed E-state index contributed by atoms with van der Waals surface area (Å²) in [6.45, 7) is 2.70. The third-order valence-electron chi connectivity index (χ3n) is 4.55. The van der Waals surface area contributed by atoms with E-state index in [2.05, 4.69) is 24.4 Å². The van der Waals surface area contributed by atoms with Gasteiger partial charge in [0.15, 0.2) is 5.82 Å². The van der Waals surface area contributed by atoms with Gasteiger partial charge in [-0.1, -0.05) is 61.2 Å². The number of thiophene rings is 1. The molecule has 0 bridgehead atoms. The van der Waals surface area contributed by atoms with E-state index in [0.717, 1.165) is 32.8 Å². The van der Waals surface area contributed by atoms with Crippen LogP contribution < -0.4 is 5.32 Å². The van der Waals surface area contributed by atoms with E-state index < -0.39 is 0 Å². The number of hydrogen-bond donors (Lipinski definition) is 1. The van der Waals surface area contributed by atoms with Crippen molar-refractivity contribution >= 4 is 39.9 Å². The molecule has 2 aromatic carbocycles. The van der Waals surface area contributed by atoms with Gasteiger partial charge in [0.2, 0.25) is 5.91 Å². The fourth-order valence-corrected chi connectivity index (χ4v) is 4.46. The number of fused-ring (bicyclic) bond motifs is 1. The first-order chi connectivity index (χ1) is 14.2. The first-order valence-electron chi connectivity index (χ1n) is 9.51. The minimum Gasteiger partial charge on any atom is -0.350 e. The number of hydrogen-bond acceptors (Lipinski definition) is 5. The number of aryl methyl sites for hydroxylation is 1. The topological polar surface area (TPSA) is 54.9 Å². The van der Waals surface area contributed by atoms with E-state index in [1.54, 1.807) is 11.3 Å². The lowest BCUT2D eigenvalue weighted by molar-refractivity contribution is -0.118. The smallest absolute Gasteiger partial charge is 0.230 e. The zero-order chi connectivity index (χ0) is 20.1. The number of nitrogens with one attached hydrogen (secondary N) is 1. The Balaban J connectivity index is 1.59. The molecule has 4 nitrogen and oxygen atoms in total. The van der Waals surface area contributed by atoms with Gasteiger partial charge in [0.05, 0.1) is 17.8 Å². The zero-order valence-electron chi connectivity index (χ0n) is 16.1. The molecule has 0 spiro atoms. The number of aromatic nitrogens is 2. The van der Waals surface area contributed by atoms with Crippen molar-refractivity contribution in [3.05, 3.63) is 76.5 Å². The number of benzene rings is 2. The van der Waals surface area contributed by atoms with Crippen LogP contribution >= 0.6 is 23.1 Å². The SMILES string of the molecule is CCc1ccc2nc(-c3ccccc3)nc(SCC(=O)NCc3cccs3)c2c1. The number of rotatable bonds is 7. The van der Waals surface area contributed by atoms with Crippen molar-refractivity contribution in [2.45, 2.75) is 24.9 Å². The highest BCUT2D eigenvalue weighted by atomic mass is 32.2. The Hall–Kier alpha value is -2.70. The van der Waals surface area contributed by atoms with Gasteiger partial charge in [-0.2, -0.15) is 0 Å². The quantitative estimate of drug-likeness (QED) is 0.325. The molecule has 2 aromatic heterocycles. The van der Waals surface area contributed by atoms with Crippen LogP contribution in [0.25, 0.3) is 22.3 Å². The monoisotopic (exact) mass is 419 g/mol. The molecule has 2 heterocycles. The molecule has 0 aliphatic carbocycles. The average molecular weight is 420 g/mol. The van der Waals surface area contributed by atoms with Crippen LogP contribution in [-0.2, 0) is 17.8 Å². The summed E-state index contributed by atoms with van der Waals surface area (Å²) >= 11 is 3.11. The first kappa shape index (κ1) is 19.6. The van der Waals surface area contributed by atoms with Gasteiger partial charge >= 0.3 is 0 Å². The van der Waals surface area contributed by atoms with Gasteiger partial charge in [-0.25, -0.2) is 9.97 Å². The van der Waals surface area contributed by atoms with Crippen LogP contribution in [0.5, 0.6) is 0 Å². The van der Waals surface area contributed by atoms with Crippen LogP contribution in [0.15, 0.2) is 71.1 Å². The predicted molar refractivity (Wildman–Crippen MR) is 121 cm³/mol. The molecule has 0 unspecified atom stereocenters.